The van der Waals surface area contributed by atoms with E-state index in [1.807, 2.05) is 38.1 Å². The van der Waals surface area contributed by atoms with E-state index in [1.165, 1.54) is 11.1 Å². The van der Waals surface area contributed by atoms with Crippen LogP contribution in [0.1, 0.15) is 11.1 Å². The number of benzene rings is 2. The van der Waals surface area contributed by atoms with Gasteiger partial charge in [-0.05, 0) is 43.7 Å². The van der Waals surface area contributed by atoms with Gasteiger partial charge in [-0.3, -0.25) is 0 Å². The summed E-state index contributed by atoms with van der Waals surface area (Å²) < 4.78 is 0. The minimum absolute atomic E-state index is 0.329. The van der Waals surface area contributed by atoms with E-state index in [1.54, 1.807) is 12.1 Å². The van der Waals surface area contributed by atoms with Gasteiger partial charge in [0.15, 0.2) is 0 Å². The van der Waals surface area contributed by atoms with Crippen molar-refractivity contribution in [2.24, 2.45) is 0 Å². The molecule has 0 heterocycles. The lowest BCUT2D eigenvalue weighted by molar-refractivity contribution is 0.475. The molecule has 0 radical (unpaired) electrons. The van der Waals surface area contributed by atoms with Crippen molar-refractivity contribution in [3.63, 3.8) is 0 Å². The zero-order valence-electron chi connectivity index (χ0n) is 9.36. The number of rotatable bonds is 0. The molecule has 0 atom stereocenters. The molecule has 0 aromatic heterocycles. The second kappa shape index (κ2) is 3.89. The molecule has 2 N–H and O–H groups in total. The van der Waals surface area contributed by atoms with Crippen molar-refractivity contribution in [3.8, 4) is 22.6 Å². The SMILES string of the molecule is Cc1cc2c(O)c-2c1.Cc1ccc(O)cc1. The lowest BCUT2D eigenvalue weighted by atomic mass is 10.2. The van der Waals surface area contributed by atoms with Gasteiger partial charge in [0.25, 0.3) is 0 Å². The van der Waals surface area contributed by atoms with Crippen LogP contribution in [0.5, 0.6) is 11.5 Å². The molecular weight excluding hydrogens is 200 g/mol. The third-order valence-corrected chi connectivity index (χ3v) is 2.52. The van der Waals surface area contributed by atoms with Crippen LogP contribution in [0, 0.1) is 13.8 Å². The minimum Gasteiger partial charge on any atom is -0.508 e. The van der Waals surface area contributed by atoms with Gasteiger partial charge in [0.1, 0.15) is 11.5 Å². The van der Waals surface area contributed by atoms with Crippen molar-refractivity contribution in [1.29, 1.82) is 0 Å². The summed E-state index contributed by atoms with van der Waals surface area (Å²) in [6.45, 7) is 4.01. The second-order valence-electron chi connectivity index (χ2n) is 4.04. The van der Waals surface area contributed by atoms with Crippen LogP contribution >= 0.6 is 0 Å². The molecule has 0 amide bonds. The highest BCUT2D eigenvalue weighted by Crippen LogP contribution is 2.51. The predicted octanol–water partition coefficient (Wildman–Crippen LogP) is 3.38. The van der Waals surface area contributed by atoms with Gasteiger partial charge in [0.05, 0.1) is 0 Å². The van der Waals surface area contributed by atoms with E-state index in [0.29, 0.717) is 11.5 Å². The van der Waals surface area contributed by atoms with Gasteiger partial charge in [0.2, 0.25) is 0 Å². The number of aryl methyl sites for hydroxylation is 2. The Morgan fingerprint density at radius 1 is 0.750 bits per heavy atom. The molecule has 82 valence electrons. The molecule has 0 saturated heterocycles. The van der Waals surface area contributed by atoms with E-state index in [2.05, 4.69) is 0 Å². The third kappa shape index (κ3) is 2.16. The summed E-state index contributed by atoms with van der Waals surface area (Å²) in [4.78, 5) is 0. The van der Waals surface area contributed by atoms with Crippen molar-refractivity contribution in [2.45, 2.75) is 13.8 Å². The Kier molecular flexibility index (Phi) is 2.57. The predicted molar refractivity (Wildman–Crippen MR) is 64.7 cm³/mol. The second-order valence-corrected chi connectivity index (χ2v) is 4.04. The van der Waals surface area contributed by atoms with E-state index in [-0.39, 0.29) is 0 Å². The van der Waals surface area contributed by atoms with Crippen molar-refractivity contribution in [1.82, 2.24) is 0 Å². The summed E-state index contributed by atoms with van der Waals surface area (Å²) in [5, 5.41) is 17.6. The summed E-state index contributed by atoms with van der Waals surface area (Å²) in [6.07, 6.45) is 0. The zero-order valence-corrected chi connectivity index (χ0v) is 9.36. The molecule has 2 aliphatic carbocycles. The number of hydrogen-bond acceptors (Lipinski definition) is 2. The molecule has 2 nitrogen and oxygen atoms in total. The van der Waals surface area contributed by atoms with Gasteiger partial charge in [-0.15, -0.1) is 0 Å². The first-order valence-electron chi connectivity index (χ1n) is 5.17. The molecule has 0 spiro atoms. The summed E-state index contributed by atoms with van der Waals surface area (Å²) in [5.74, 6) is 0.825. The lowest BCUT2D eigenvalue weighted by Gasteiger charge is -1.89. The number of hydrogen-bond donors (Lipinski definition) is 2. The number of phenols is 2. The molecule has 2 heteroatoms. The summed E-state index contributed by atoms with van der Waals surface area (Å²) in [5.41, 5.74) is 4.50. The van der Waals surface area contributed by atoms with Crippen molar-refractivity contribution in [2.75, 3.05) is 0 Å². The maximum atomic E-state index is 8.83. The van der Waals surface area contributed by atoms with Crippen molar-refractivity contribution >= 4 is 0 Å². The van der Waals surface area contributed by atoms with Gasteiger partial charge in [-0.25, -0.2) is 0 Å². The van der Waals surface area contributed by atoms with E-state index in [9.17, 15) is 0 Å². The highest BCUT2D eigenvalue weighted by atomic mass is 16.3. The van der Waals surface area contributed by atoms with Crippen LogP contribution in [0.15, 0.2) is 36.4 Å². The number of aromatic hydroxyl groups is 2. The van der Waals surface area contributed by atoms with Crippen LogP contribution in [0.2, 0.25) is 0 Å². The van der Waals surface area contributed by atoms with E-state index >= 15 is 0 Å². The smallest absolute Gasteiger partial charge is 0.131 e. The molecule has 0 aliphatic heterocycles. The van der Waals surface area contributed by atoms with Gasteiger partial charge in [-0.2, -0.15) is 0 Å². The monoisotopic (exact) mass is 214 g/mol. The van der Waals surface area contributed by atoms with Crippen LogP contribution < -0.4 is 0 Å². The normalized spacial score (nSPS) is 10.4. The molecule has 1 aromatic rings. The molecule has 0 fully saturated rings. The molecule has 1 aromatic carbocycles. The van der Waals surface area contributed by atoms with Crippen LogP contribution in [0.3, 0.4) is 0 Å². The van der Waals surface area contributed by atoms with Crippen LogP contribution in [0.4, 0.5) is 0 Å². The van der Waals surface area contributed by atoms with Crippen molar-refractivity contribution < 1.29 is 10.2 Å². The van der Waals surface area contributed by atoms with Gasteiger partial charge < -0.3 is 10.2 Å². The maximum Gasteiger partial charge on any atom is 0.131 e. The zero-order chi connectivity index (χ0) is 11.7. The first kappa shape index (κ1) is 10.6. The maximum absolute atomic E-state index is 8.83. The first-order valence-corrected chi connectivity index (χ1v) is 5.17. The van der Waals surface area contributed by atoms with E-state index < -0.39 is 0 Å². The Morgan fingerprint density at radius 2 is 1.25 bits per heavy atom. The molecule has 0 bridgehead atoms. The molecule has 0 saturated carbocycles. The largest absolute Gasteiger partial charge is 0.508 e. The van der Waals surface area contributed by atoms with Gasteiger partial charge in [0, 0.05) is 11.1 Å². The Morgan fingerprint density at radius 3 is 1.62 bits per heavy atom. The van der Waals surface area contributed by atoms with E-state index in [0.717, 1.165) is 11.1 Å². The quantitative estimate of drug-likeness (QED) is 0.602. The summed E-state index contributed by atoms with van der Waals surface area (Å²) >= 11 is 0. The molecule has 3 rings (SSSR count). The standard InChI is InChI=1S/C7H6O.C7H8O/c1-4-2-5-6(3-4)7(5)8;1-6-2-4-7(8)5-3-6/h2-3,8H,1H3;2-5,8H,1H3. The van der Waals surface area contributed by atoms with Crippen LogP contribution in [0.25, 0.3) is 11.1 Å². The Hall–Kier alpha value is -1.96. The Balaban J connectivity index is 0.000000120. The summed E-state index contributed by atoms with van der Waals surface area (Å²) in [6, 6.07) is 11.1. The highest BCUT2D eigenvalue weighted by Gasteiger charge is 2.23. The highest BCUT2D eigenvalue weighted by molar-refractivity contribution is 5.95. The minimum atomic E-state index is 0.329. The number of phenolic OH excluding ortho intramolecular Hbond substituents is 2. The third-order valence-electron chi connectivity index (χ3n) is 2.52. The topological polar surface area (TPSA) is 40.5 Å². The van der Waals surface area contributed by atoms with E-state index in [4.69, 9.17) is 10.2 Å². The molecule has 0 unspecified atom stereocenters. The fraction of sp³-hybridized carbons (Fsp3) is 0.143. The fourth-order valence-corrected chi connectivity index (χ4v) is 1.54. The fourth-order valence-electron chi connectivity index (χ4n) is 1.54. The van der Waals surface area contributed by atoms with Gasteiger partial charge in [-0.1, -0.05) is 17.7 Å². The van der Waals surface area contributed by atoms with Crippen LogP contribution in [-0.2, 0) is 0 Å². The average molecular weight is 214 g/mol. The number of fused-ring (bicyclic) bond motifs is 1. The average Bonchev–Trinajstić information content (AvgIpc) is 2.70. The first-order chi connectivity index (χ1) is 7.58. The molecule has 2 aliphatic rings. The Labute approximate surface area is 94.8 Å². The lowest BCUT2D eigenvalue weighted by Crippen LogP contribution is -1.66. The van der Waals surface area contributed by atoms with Crippen LogP contribution in [-0.4, -0.2) is 10.2 Å². The van der Waals surface area contributed by atoms with Gasteiger partial charge >= 0.3 is 0 Å². The molecular formula is C14H14O2. The van der Waals surface area contributed by atoms with Crippen molar-refractivity contribution in [3.05, 3.63) is 47.5 Å². The summed E-state index contributed by atoms with van der Waals surface area (Å²) in [7, 11) is 0. The molecule has 16 heavy (non-hydrogen) atoms. The Bertz CT molecular complexity index is 469.